The Hall–Kier alpha value is -1.43. The maximum Gasteiger partial charge on any atom is 0.365 e. The van der Waals surface area contributed by atoms with E-state index >= 15 is 0 Å². The molecule has 2 aromatic rings. The normalized spacial score (nSPS) is 10.6. The number of aromatic amines is 1. The van der Waals surface area contributed by atoms with Gasteiger partial charge in [-0.25, -0.2) is 9.89 Å². The lowest BCUT2D eigenvalue weighted by Gasteiger charge is -2.09. The Bertz CT molecular complexity index is 546. The van der Waals surface area contributed by atoms with Gasteiger partial charge in [0.2, 0.25) is 0 Å². The van der Waals surface area contributed by atoms with Crippen molar-refractivity contribution >= 4 is 15.9 Å². The van der Waals surface area contributed by atoms with Gasteiger partial charge in [0.05, 0.1) is 5.69 Å². The number of nitrogens with one attached hydrogen (secondary N) is 1. The summed E-state index contributed by atoms with van der Waals surface area (Å²) in [6.45, 7) is 2.08. The largest absolute Gasteiger partial charge is 0.365 e. The number of aromatic nitrogens is 4. The van der Waals surface area contributed by atoms with Gasteiger partial charge in [-0.2, -0.15) is 4.68 Å². The molecule has 0 aliphatic rings. The van der Waals surface area contributed by atoms with E-state index < -0.39 is 0 Å². The zero-order valence-corrected chi connectivity index (χ0v) is 10.4. The molecule has 0 spiro atoms. The van der Waals surface area contributed by atoms with Crippen molar-refractivity contribution in [3.63, 3.8) is 0 Å². The first-order chi connectivity index (χ1) is 7.77. The predicted molar refractivity (Wildman–Crippen MR) is 64.0 cm³/mol. The zero-order valence-electron chi connectivity index (χ0n) is 8.77. The highest BCUT2D eigenvalue weighted by molar-refractivity contribution is 9.08. The lowest BCUT2D eigenvalue weighted by Crippen LogP contribution is -2.17. The van der Waals surface area contributed by atoms with Crippen LogP contribution >= 0.6 is 15.9 Å². The van der Waals surface area contributed by atoms with E-state index in [0.29, 0.717) is 5.33 Å². The molecule has 1 N–H and O–H groups in total. The zero-order chi connectivity index (χ0) is 11.5. The van der Waals surface area contributed by atoms with Gasteiger partial charge < -0.3 is 0 Å². The molecule has 2 rings (SSSR count). The van der Waals surface area contributed by atoms with E-state index in [2.05, 4.69) is 38.4 Å². The van der Waals surface area contributed by atoms with E-state index in [4.69, 9.17) is 0 Å². The Kier molecular flexibility index (Phi) is 3.19. The third kappa shape index (κ3) is 1.80. The number of tetrazole rings is 1. The average molecular weight is 283 g/mol. The van der Waals surface area contributed by atoms with Gasteiger partial charge in [-0.1, -0.05) is 35.0 Å². The Morgan fingerprint density at radius 1 is 1.50 bits per heavy atom. The third-order valence-corrected chi connectivity index (χ3v) is 3.02. The summed E-state index contributed by atoms with van der Waals surface area (Å²) in [4.78, 5) is 11.5. The van der Waals surface area contributed by atoms with Gasteiger partial charge in [-0.15, -0.1) is 0 Å². The SMILES string of the molecule is CCc1cccc(-n2nn[nH]c2=O)c1CBr. The van der Waals surface area contributed by atoms with Gasteiger partial charge in [0, 0.05) is 5.33 Å². The second-order valence-electron chi connectivity index (χ2n) is 3.32. The molecule has 0 unspecified atom stereocenters. The Labute approximate surface area is 101 Å². The molecule has 0 amide bonds. The Balaban J connectivity index is 2.65. The molecule has 84 valence electrons. The summed E-state index contributed by atoms with van der Waals surface area (Å²) in [5.41, 5.74) is 2.72. The fraction of sp³-hybridized carbons (Fsp3) is 0.300. The summed E-state index contributed by atoms with van der Waals surface area (Å²) in [5.74, 6) is 0. The van der Waals surface area contributed by atoms with Crippen molar-refractivity contribution in [3.8, 4) is 5.69 Å². The number of benzene rings is 1. The number of halogens is 1. The summed E-state index contributed by atoms with van der Waals surface area (Å²) < 4.78 is 1.27. The number of hydrogen-bond donors (Lipinski definition) is 1. The Morgan fingerprint density at radius 2 is 2.31 bits per heavy atom. The third-order valence-electron chi connectivity index (χ3n) is 2.46. The van der Waals surface area contributed by atoms with E-state index in [0.717, 1.165) is 17.7 Å². The number of H-pyrrole nitrogens is 1. The van der Waals surface area contributed by atoms with Gasteiger partial charge in [0.15, 0.2) is 0 Å². The van der Waals surface area contributed by atoms with Crippen LogP contribution in [0, 0.1) is 0 Å². The van der Waals surface area contributed by atoms with Crippen LogP contribution in [0.25, 0.3) is 5.69 Å². The van der Waals surface area contributed by atoms with Gasteiger partial charge in [0.25, 0.3) is 0 Å². The van der Waals surface area contributed by atoms with Crippen molar-refractivity contribution in [1.82, 2.24) is 20.2 Å². The number of hydrogen-bond acceptors (Lipinski definition) is 3. The van der Waals surface area contributed by atoms with E-state index in [1.54, 1.807) is 0 Å². The van der Waals surface area contributed by atoms with Crippen LogP contribution in [-0.4, -0.2) is 20.2 Å². The minimum Gasteiger partial charge on any atom is -0.244 e. The molecular weight excluding hydrogens is 272 g/mol. The highest BCUT2D eigenvalue weighted by Crippen LogP contribution is 2.20. The van der Waals surface area contributed by atoms with Gasteiger partial charge in [0.1, 0.15) is 0 Å². The molecule has 5 nitrogen and oxygen atoms in total. The molecule has 0 atom stereocenters. The highest BCUT2D eigenvalue weighted by atomic mass is 79.9. The van der Waals surface area contributed by atoms with Crippen molar-refractivity contribution in [2.24, 2.45) is 0 Å². The van der Waals surface area contributed by atoms with Crippen molar-refractivity contribution in [1.29, 1.82) is 0 Å². The maximum atomic E-state index is 11.5. The van der Waals surface area contributed by atoms with Crippen LogP contribution < -0.4 is 5.69 Å². The monoisotopic (exact) mass is 282 g/mol. The molecule has 0 saturated heterocycles. The molecule has 0 fully saturated rings. The highest BCUT2D eigenvalue weighted by Gasteiger charge is 2.10. The first-order valence-electron chi connectivity index (χ1n) is 4.95. The maximum absolute atomic E-state index is 11.5. The summed E-state index contributed by atoms with van der Waals surface area (Å²) in [5, 5.41) is 10.2. The summed E-state index contributed by atoms with van der Waals surface area (Å²) in [6.07, 6.45) is 0.918. The van der Waals surface area contributed by atoms with Crippen molar-refractivity contribution in [3.05, 3.63) is 39.8 Å². The fourth-order valence-electron chi connectivity index (χ4n) is 1.66. The molecule has 0 aliphatic heterocycles. The first-order valence-corrected chi connectivity index (χ1v) is 6.07. The first kappa shape index (κ1) is 11.1. The summed E-state index contributed by atoms with van der Waals surface area (Å²) >= 11 is 3.44. The predicted octanol–water partition coefficient (Wildman–Crippen LogP) is 1.41. The molecule has 1 aromatic heterocycles. The number of nitrogens with zero attached hydrogens (tertiary/aromatic N) is 3. The quantitative estimate of drug-likeness (QED) is 0.866. The van der Waals surface area contributed by atoms with Crippen LogP contribution in [0.15, 0.2) is 23.0 Å². The average Bonchev–Trinajstić information content (AvgIpc) is 2.74. The smallest absolute Gasteiger partial charge is 0.244 e. The minimum absolute atomic E-state index is 0.324. The molecular formula is C10H11BrN4O. The number of aryl methyl sites for hydroxylation is 1. The van der Waals surface area contributed by atoms with Crippen LogP contribution in [0.3, 0.4) is 0 Å². The topological polar surface area (TPSA) is 63.6 Å². The fourth-order valence-corrected chi connectivity index (χ4v) is 2.31. The van der Waals surface area contributed by atoms with Gasteiger partial charge in [-0.3, -0.25) is 0 Å². The van der Waals surface area contributed by atoms with Crippen molar-refractivity contribution in [2.45, 2.75) is 18.7 Å². The van der Waals surface area contributed by atoms with E-state index in [9.17, 15) is 4.79 Å². The molecule has 0 radical (unpaired) electrons. The number of alkyl halides is 1. The van der Waals surface area contributed by atoms with E-state index in [1.165, 1.54) is 10.2 Å². The van der Waals surface area contributed by atoms with Gasteiger partial charge in [-0.05, 0) is 34.0 Å². The molecule has 0 aliphatic carbocycles. The van der Waals surface area contributed by atoms with E-state index in [1.807, 2.05) is 18.2 Å². The molecule has 0 saturated carbocycles. The second kappa shape index (κ2) is 4.61. The molecule has 1 heterocycles. The summed E-state index contributed by atoms with van der Waals surface area (Å²) in [6, 6.07) is 5.83. The van der Waals surface area contributed by atoms with Crippen LogP contribution in [-0.2, 0) is 11.8 Å². The standard InChI is InChI=1S/C10H11BrN4O/c1-2-7-4-3-5-9(8(7)6-11)15-10(16)12-13-14-15/h3-5H,2,6H2,1H3,(H,12,14,16). The van der Waals surface area contributed by atoms with Gasteiger partial charge >= 0.3 is 5.69 Å². The van der Waals surface area contributed by atoms with Crippen molar-refractivity contribution < 1.29 is 0 Å². The molecule has 6 heteroatoms. The van der Waals surface area contributed by atoms with Crippen molar-refractivity contribution in [2.75, 3.05) is 0 Å². The molecule has 1 aromatic carbocycles. The minimum atomic E-state index is -0.324. The van der Waals surface area contributed by atoms with Crippen LogP contribution in [0.4, 0.5) is 0 Å². The van der Waals surface area contributed by atoms with E-state index in [-0.39, 0.29) is 5.69 Å². The summed E-state index contributed by atoms with van der Waals surface area (Å²) in [7, 11) is 0. The second-order valence-corrected chi connectivity index (χ2v) is 3.88. The lowest BCUT2D eigenvalue weighted by atomic mass is 10.0. The van der Waals surface area contributed by atoms with Crippen LogP contribution in [0.5, 0.6) is 0 Å². The number of rotatable bonds is 3. The molecule has 0 bridgehead atoms. The lowest BCUT2D eigenvalue weighted by molar-refractivity contribution is 0.773. The van der Waals surface area contributed by atoms with Crippen LogP contribution in [0.1, 0.15) is 18.1 Å². The Morgan fingerprint density at radius 3 is 2.88 bits per heavy atom. The molecule has 16 heavy (non-hydrogen) atoms. The van der Waals surface area contributed by atoms with Crippen LogP contribution in [0.2, 0.25) is 0 Å².